The Labute approximate surface area is 95.6 Å². The predicted molar refractivity (Wildman–Crippen MR) is 64.6 cm³/mol. The van der Waals surface area contributed by atoms with Gasteiger partial charge in [0.05, 0.1) is 6.54 Å². The topological polar surface area (TPSA) is 50.4 Å². The lowest BCUT2D eigenvalue weighted by Crippen LogP contribution is -2.44. The number of hydrogen-bond donors (Lipinski definition) is 2. The van der Waals surface area contributed by atoms with E-state index in [1.807, 2.05) is 20.8 Å². The van der Waals surface area contributed by atoms with Crippen LogP contribution >= 0.6 is 0 Å². The van der Waals surface area contributed by atoms with Crippen LogP contribution in [0.1, 0.15) is 26.3 Å². The van der Waals surface area contributed by atoms with E-state index in [1.54, 1.807) is 18.2 Å². The van der Waals surface area contributed by atoms with Crippen LogP contribution in [-0.4, -0.2) is 11.5 Å². The second kappa shape index (κ2) is 4.96. The summed E-state index contributed by atoms with van der Waals surface area (Å²) in [6, 6.07) is 6.54. The van der Waals surface area contributed by atoms with E-state index in [-0.39, 0.29) is 17.9 Å². The van der Waals surface area contributed by atoms with Gasteiger partial charge in [0.1, 0.15) is 5.82 Å². The highest BCUT2D eigenvalue weighted by atomic mass is 19.1. The largest absolute Gasteiger partial charge is 0.370 e. The molecule has 16 heavy (non-hydrogen) atoms. The molecule has 0 aliphatic rings. The van der Waals surface area contributed by atoms with E-state index in [0.717, 1.165) is 0 Å². The summed E-state index contributed by atoms with van der Waals surface area (Å²) >= 11 is 0. The van der Waals surface area contributed by atoms with Crippen LogP contribution in [0, 0.1) is 5.82 Å². The number of hydrogen-bond acceptors (Lipinski definition) is 1. The zero-order valence-electron chi connectivity index (χ0n) is 9.92. The molecule has 0 fully saturated rings. The minimum Gasteiger partial charge on any atom is -0.370 e. The molecule has 0 unspecified atom stereocenters. The van der Waals surface area contributed by atoms with Gasteiger partial charge in [-0.3, -0.25) is 0 Å². The van der Waals surface area contributed by atoms with E-state index in [4.69, 9.17) is 5.73 Å². The SMILES string of the molecule is CC(C)(C)NC(N)=NCc1ccccc1F. The summed E-state index contributed by atoms with van der Waals surface area (Å²) in [5, 5.41) is 3.01. The fourth-order valence-electron chi connectivity index (χ4n) is 1.22. The zero-order chi connectivity index (χ0) is 12.2. The molecule has 0 bridgehead atoms. The lowest BCUT2D eigenvalue weighted by molar-refractivity contribution is 0.508. The van der Waals surface area contributed by atoms with Crippen molar-refractivity contribution >= 4 is 5.96 Å². The summed E-state index contributed by atoms with van der Waals surface area (Å²) in [5.74, 6) is 0.0746. The fourth-order valence-corrected chi connectivity index (χ4v) is 1.22. The van der Waals surface area contributed by atoms with Crippen molar-refractivity contribution in [2.75, 3.05) is 0 Å². The molecule has 1 aromatic rings. The van der Waals surface area contributed by atoms with Gasteiger partial charge in [-0.1, -0.05) is 18.2 Å². The van der Waals surface area contributed by atoms with Crippen molar-refractivity contribution in [3.05, 3.63) is 35.6 Å². The Hall–Kier alpha value is -1.58. The number of aliphatic imine (C=N–C) groups is 1. The number of nitrogens with two attached hydrogens (primary N) is 1. The molecule has 0 atom stereocenters. The van der Waals surface area contributed by atoms with Gasteiger partial charge in [0, 0.05) is 11.1 Å². The molecule has 1 aromatic carbocycles. The molecule has 0 heterocycles. The molecule has 0 saturated carbocycles. The van der Waals surface area contributed by atoms with Crippen molar-refractivity contribution in [1.29, 1.82) is 0 Å². The molecule has 0 spiro atoms. The first kappa shape index (κ1) is 12.5. The summed E-state index contributed by atoms with van der Waals surface area (Å²) < 4.78 is 13.2. The molecule has 0 aliphatic carbocycles. The molecule has 0 amide bonds. The van der Waals surface area contributed by atoms with Gasteiger partial charge >= 0.3 is 0 Å². The van der Waals surface area contributed by atoms with E-state index in [1.165, 1.54) is 6.07 Å². The standard InChI is InChI=1S/C12H18FN3/c1-12(2,3)16-11(14)15-8-9-6-4-5-7-10(9)13/h4-7H,8H2,1-3H3,(H3,14,15,16). The molecule has 0 aliphatic heterocycles. The van der Waals surface area contributed by atoms with E-state index in [0.29, 0.717) is 11.5 Å². The quantitative estimate of drug-likeness (QED) is 0.595. The smallest absolute Gasteiger partial charge is 0.189 e. The van der Waals surface area contributed by atoms with E-state index in [2.05, 4.69) is 10.3 Å². The maximum Gasteiger partial charge on any atom is 0.189 e. The molecule has 88 valence electrons. The Morgan fingerprint density at radius 1 is 1.38 bits per heavy atom. The first-order valence-corrected chi connectivity index (χ1v) is 5.20. The lowest BCUT2D eigenvalue weighted by Gasteiger charge is -2.20. The normalized spacial score (nSPS) is 12.6. The summed E-state index contributed by atoms with van der Waals surface area (Å²) in [6.07, 6.45) is 0. The van der Waals surface area contributed by atoms with Crippen LogP contribution in [0.3, 0.4) is 0 Å². The van der Waals surface area contributed by atoms with Crippen LogP contribution in [0.5, 0.6) is 0 Å². The summed E-state index contributed by atoms with van der Waals surface area (Å²) in [5.41, 5.74) is 6.08. The van der Waals surface area contributed by atoms with Crippen LogP contribution in [0.2, 0.25) is 0 Å². The molecule has 3 N–H and O–H groups in total. The van der Waals surface area contributed by atoms with Crippen molar-refractivity contribution in [3.63, 3.8) is 0 Å². The number of nitrogens with zero attached hydrogens (tertiary/aromatic N) is 1. The van der Waals surface area contributed by atoms with Gasteiger partial charge in [-0.25, -0.2) is 9.38 Å². The first-order chi connectivity index (χ1) is 7.38. The third-order valence-electron chi connectivity index (χ3n) is 1.88. The summed E-state index contributed by atoms with van der Waals surface area (Å²) in [7, 11) is 0. The lowest BCUT2D eigenvalue weighted by atomic mass is 10.1. The van der Waals surface area contributed by atoms with Crippen LogP contribution in [0.4, 0.5) is 4.39 Å². The fraction of sp³-hybridized carbons (Fsp3) is 0.417. The molecular weight excluding hydrogens is 205 g/mol. The average molecular weight is 223 g/mol. The monoisotopic (exact) mass is 223 g/mol. The second-order valence-corrected chi connectivity index (χ2v) is 4.67. The Morgan fingerprint density at radius 3 is 2.56 bits per heavy atom. The maximum absolute atomic E-state index is 13.2. The van der Waals surface area contributed by atoms with Gasteiger partial charge in [0.2, 0.25) is 0 Å². The third kappa shape index (κ3) is 4.29. The Bertz CT molecular complexity index is 380. The van der Waals surface area contributed by atoms with Crippen molar-refractivity contribution in [3.8, 4) is 0 Å². The molecule has 0 radical (unpaired) electrons. The predicted octanol–water partition coefficient (Wildman–Crippen LogP) is 2.03. The number of rotatable bonds is 2. The van der Waals surface area contributed by atoms with Crippen molar-refractivity contribution in [2.24, 2.45) is 10.7 Å². The molecule has 4 heteroatoms. The number of nitrogens with one attached hydrogen (secondary N) is 1. The van der Waals surface area contributed by atoms with E-state index >= 15 is 0 Å². The van der Waals surface area contributed by atoms with E-state index < -0.39 is 0 Å². The Kier molecular flexibility index (Phi) is 3.88. The first-order valence-electron chi connectivity index (χ1n) is 5.20. The van der Waals surface area contributed by atoms with Gasteiger partial charge in [0.15, 0.2) is 5.96 Å². The zero-order valence-corrected chi connectivity index (χ0v) is 9.92. The van der Waals surface area contributed by atoms with Gasteiger partial charge in [-0.2, -0.15) is 0 Å². The summed E-state index contributed by atoms with van der Waals surface area (Å²) in [4.78, 5) is 4.08. The van der Waals surface area contributed by atoms with Crippen LogP contribution < -0.4 is 11.1 Å². The van der Waals surface area contributed by atoms with Gasteiger partial charge in [0.25, 0.3) is 0 Å². The molecule has 1 rings (SSSR count). The Balaban J connectivity index is 2.63. The molecule has 0 saturated heterocycles. The minimum atomic E-state index is -0.255. The molecular formula is C12H18FN3. The van der Waals surface area contributed by atoms with Crippen molar-refractivity contribution in [1.82, 2.24) is 5.32 Å². The number of guanidine groups is 1. The molecule has 0 aromatic heterocycles. The average Bonchev–Trinajstić information content (AvgIpc) is 2.14. The number of benzene rings is 1. The minimum absolute atomic E-state index is 0.136. The highest BCUT2D eigenvalue weighted by Gasteiger charge is 2.09. The highest BCUT2D eigenvalue weighted by Crippen LogP contribution is 2.07. The van der Waals surface area contributed by atoms with Crippen LogP contribution in [0.15, 0.2) is 29.3 Å². The Morgan fingerprint density at radius 2 is 2.00 bits per heavy atom. The van der Waals surface area contributed by atoms with Crippen molar-refractivity contribution in [2.45, 2.75) is 32.9 Å². The highest BCUT2D eigenvalue weighted by molar-refractivity contribution is 5.78. The van der Waals surface area contributed by atoms with E-state index in [9.17, 15) is 4.39 Å². The molecule has 3 nitrogen and oxygen atoms in total. The van der Waals surface area contributed by atoms with Crippen LogP contribution in [0.25, 0.3) is 0 Å². The van der Waals surface area contributed by atoms with Gasteiger partial charge in [-0.15, -0.1) is 0 Å². The third-order valence-corrected chi connectivity index (χ3v) is 1.88. The second-order valence-electron chi connectivity index (χ2n) is 4.67. The maximum atomic E-state index is 13.2. The van der Waals surface area contributed by atoms with Gasteiger partial charge < -0.3 is 11.1 Å². The van der Waals surface area contributed by atoms with Gasteiger partial charge in [-0.05, 0) is 26.8 Å². The van der Waals surface area contributed by atoms with Crippen molar-refractivity contribution < 1.29 is 4.39 Å². The van der Waals surface area contributed by atoms with Crippen LogP contribution in [-0.2, 0) is 6.54 Å². The summed E-state index contributed by atoms with van der Waals surface area (Å²) in [6.45, 7) is 6.21. The number of halogens is 1.